The van der Waals surface area contributed by atoms with Gasteiger partial charge in [0.15, 0.2) is 5.82 Å². The molecule has 0 radical (unpaired) electrons. The molecule has 0 spiro atoms. The fourth-order valence-electron chi connectivity index (χ4n) is 0.798. The number of rotatable bonds is 2. The fraction of sp³-hybridized carbons (Fsp3) is 0.833. The summed E-state index contributed by atoms with van der Waals surface area (Å²) in [5.41, 5.74) is 0. The van der Waals surface area contributed by atoms with Gasteiger partial charge in [-0.3, -0.25) is 0 Å². The van der Waals surface area contributed by atoms with Crippen molar-refractivity contribution in [3.8, 4) is 0 Å². The molecule has 1 rings (SSSR count). The van der Waals surface area contributed by atoms with E-state index in [1.54, 1.807) is 0 Å². The topological polar surface area (TPSA) is 43.6 Å². The first kappa shape index (κ1) is 11.0. The largest absolute Gasteiger partial charge is 0.305 e. The van der Waals surface area contributed by atoms with Crippen LogP contribution in [0.25, 0.3) is 0 Å². The second-order valence-corrected chi connectivity index (χ2v) is 5.28. The summed E-state index contributed by atoms with van der Waals surface area (Å²) in [6.45, 7) is 4.10. The first-order valence-electron chi connectivity index (χ1n) is 3.75. The van der Waals surface area contributed by atoms with Crippen LogP contribution >= 0.6 is 34.8 Å². The summed E-state index contributed by atoms with van der Waals surface area (Å²) in [5.74, 6) is 1.04. The van der Waals surface area contributed by atoms with Crippen LogP contribution in [0.15, 0.2) is 0 Å². The van der Waals surface area contributed by atoms with Gasteiger partial charge < -0.3 is 0 Å². The average Bonchev–Trinajstić information content (AvgIpc) is 2.32. The summed E-state index contributed by atoms with van der Waals surface area (Å²) in [4.78, 5) is 0.968. The normalized spacial score (nSPS) is 12.5. The lowest BCUT2D eigenvalue weighted by Crippen LogP contribution is -2.16. The van der Waals surface area contributed by atoms with Gasteiger partial charge in [0.25, 0.3) is 0 Å². The first-order valence-corrected chi connectivity index (χ1v) is 4.89. The Balaban J connectivity index is 2.75. The summed E-state index contributed by atoms with van der Waals surface area (Å²) >= 11 is 16.6. The fourth-order valence-corrected chi connectivity index (χ4v) is 1.01. The van der Waals surface area contributed by atoms with Gasteiger partial charge in [-0.1, -0.05) is 48.7 Å². The second-order valence-electron chi connectivity index (χ2n) is 3.06. The summed E-state index contributed by atoms with van der Waals surface area (Å²) in [6, 6.07) is 0. The molecule has 4 nitrogen and oxygen atoms in total. The highest BCUT2D eigenvalue weighted by Gasteiger charge is 2.25. The highest BCUT2D eigenvalue weighted by molar-refractivity contribution is 6.64. The smallest absolute Gasteiger partial charge is 0.132 e. The predicted octanol–water partition coefficient (Wildman–Crippen LogP) is 2.16. The zero-order valence-electron chi connectivity index (χ0n) is 7.21. The molecule has 0 fully saturated rings. The molecule has 0 atom stereocenters. The van der Waals surface area contributed by atoms with Crippen molar-refractivity contribution in [3.05, 3.63) is 5.82 Å². The van der Waals surface area contributed by atoms with Crippen LogP contribution in [-0.4, -0.2) is 20.2 Å². The van der Waals surface area contributed by atoms with Crippen molar-refractivity contribution >= 4 is 34.8 Å². The van der Waals surface area contributed by atoms with Gasteiger partial charge >= 0.3 is 3.92 Å². The molecular weight excluding hydrogens is 234 g/mol. The Hall–Kier alpha value is -0.0600. The van der Waals surface area contributed by atoms with Gasteiger partial charge in [-0.25, -0.2) is 0 Å². The SMILES string of the molecule is CC(C)Cc1nnn(C(Cl)(Cl)Cl)n1. The number of nitrogens with zero attached hydrogens (tertiary/aromatic N) is 4. The lowest BCUT2D eigenvalue weighted by Gasteiger charge is -2.06. The van der Waals surface area contributed by atoms with Gasteiger partial charge in [-0.15, -0.1) is 15.0 Å². The lowest BCUT2D eigenvalue weighted by molar-refractivity contribution is 0.552. The van der Waals surface area contributed by atoms with E-state index in [2.05, 4.69) is 29.3 Å². The highest BCUT2D eigenvalue weighted by Crippen LogP contribution is 2.29. The number of halogens is 3. The average molecular weight is 244 g/mol. The molecule has 0 aliphatic heterocycles. The number of hydrogen-bond donors (Lipinski definition) is 0. The van der Waals surface area contributed by atoms with Crippen molar-refractivity contribution in [2.24, 2.45) is 5.92 Å². The molecular formula is C6H9Cl3N4. The van der Waals surface area contributed by atoms with Crippen molar-refractivity contribution in [2.75, 3.05) is 0 Å². The zero-order valence-corrected chi connectivity index (χ0v) is 9.47. The van der Waals surface area contributed by atoms with Gasteiger partial charge in [0.05, 0.1) is 0 Å². The van der Waals surface area contributed by atoms with Crippen LogP contribution in [0.5, 0.6) is 0 Å². The quantitative estimate of drug-likeness (QED) is 0.748. The van der Waals surface area contributed by atoms with E-state index in [4.69, 9.17) is 34.8 Å². The molecule has 1 heterocycles. The Kier molecular flexibility index (Phi) is 3.38. The number of alkyl halides is 3. The van der Waals surface area contributed by atoms with E-state index in [0.29, 0.717) is 11.7 Å². The van der Waals surface area contributed by atoms with E-state index in [9.17, 15) is 0 Å². The molecule has 0 bridgehead atoms. The minimum Gasteiger partial charge on any atom is -0.132 e. The van der Waals surface area contributed by atoms with Crippen LogP contribution in [0.4, 0.5) is 0 Å². The Labute approximate surface area is 91.1 Å². The van der Waals surface area contributed by atoms with Crippen LogP contribution < -0.4 is 0 Å². The van der Waals surface area contributed by atoms with E-state index >= 15 is 0 Å². The molecule has 0 unspecified atom stereocenters. The van der Waals surface area contributed by atoms with Crippen LogP contribution in [0, 0.1) is 5.92 Å². The predicted molar refractivity (Wildman–Crippen MR) is 51.9 cm³/mol. The molecule has 0 N–H and O–H groups in total. The number of hydrogen-bond acceptors (Lipinski definition) is 3. The van der Waals surface area contributed by atoms with E-state index in [-0.39, 0.29) is 0 Å². The van der Waals surface area contributed by atoms with Gasteiger partial charge in [-0.2, -0.15) is 0 Å². The number of tetrazole rings is 1. The van der Waals surface area contributed by atoms with Crippen LogP contribution in [0.1, 0.15) is 19.7 Å². The third kappa shape index (κ3) is 3.29. The van der Waals surface area contributed by atoms with Crippen molar-refractivity contribution in [3.63, 3.8) is 0 Å². The molecule has 0 saturated heterocycles. The lowest BCUT2D eigenvalue weighted by atomic mass is 10.1. The van der Waals surface area contributed by atoms with Crippen LogP contribution in [0.2, 0.25) is 0 Å². The summed E-state index contributed by atoms with van der Waals surface area (Å²) in [5, 5.41) is 11.3. The van der Waals surface area contributed by atoms with E-state index in [1.807, 2.05) is 0 Å². The zero-order chi connectivity index (χ0) is 10.1. The molecule has 74 valence electrons. The molecule has 1 aromatic heterocycles. The van der Waals surface area contributed by atoms with Crippen LogP contribution in [0.3, 0.4) is 0 Å². The molecule has 13 heavy (non-hydrogen) atoms. The molecule has 0 saturated carbocycles. The highest BCUT2D eigenvalue weighted by atomic mass is 35.6. The molecule has 0 amide bonds. The van der Waals surface area contributed by atoms with Crippen molar-refractivity contribution < 1.29 is 0 Å². The number of aromatic nitrogens is 4. The minimum absolute atomic E-state index is 0.452. The van der Waals surface area contributed by atoms with Gasteiger partial charge in [-0.05, 0) is 11.1 Å². The molecule has 1 aromatic rings. The second kappa shape index (κ2) is 3.98. The summed E-state index contributed by atoms with van der Waals surface area (Å²) in [6.07, 6.45) is 0.723. The third-order valence-corrected chi connectivity index (χ3v) is 1.73. The Morgan fingerprint density at radius 2 is 2.00 bits per heavy atom. The Morgan fingerprint density at radius 1 is 1.38 bits per heavy atom. The van der Waals surface area contributed by atoms with Gasteiger partial charge in [0, 0.05) is 6.42 Å². The van der Waals surface area contributed by atoms with Crippen molar-refractivity contribution in [2.45, 2.75) is 24.2 Å². The van der Waals surface area contributed by atoms with Crippen molar-refractivity contribution in [1.82, 2.24) is 20.2 Å². The molecule has 7 heteroatoms. The first-order chi connectivity index (χ1) is 5.89. The Bertz CT molecular complexity index is 278. The van der Waals surface area contributed by atoms with E-state index in [0.717, 1.165) is 11.2 Å². The third-order valence-electron chi connectivity index (χ3n) is 1.27. The van der Waals surface area contributed by atoms with Crippen LogP contribution in [-0.2, 0) is 10.3 Å². The Morgan fingerprint density at radius 3 is 2.38 bits per heavy atom. The molecule has 0 aliphatic carbocycles. The maximum atomic E-state index is 5.54. The van der Waals surface area contributed by atoms with Gasteiger partial charge in [0.1, 0.15) is 0 Å². The van der Waals surface area contributed by atoms with E-state index < -0.39 is 3.92 Å². The van der Waals surface area contributed by atoms with Crippen molar-refractivity contribution in [1.29, 1.82) is 0 Å². The summed E-state index contributed by atoms with van der Waals surface area (Å²) < 4.78 is -1.65. The maximum absolute atomic E-state index is 5.54. The minimum atomic E-state index is -1.65. The standard InChI is InChI=1S/C6H9Cl3N4/c1-4(2)3-5-10-12-13(11-5)6(7,8)9/h4H,3H2,1-2H3. The van der Waals surface area contributed by atoms with Gasteiger partial charge in [0.2, 0.25) is 0 Å². The molecule has 0 aliphatic rings. The maximum Gasteiger partial charge on any atom is 0.305 e. The monoisotopic (exact) mass is 242 g/mol. The molecule has 0 aromatic carbocycles. The summed E-state index contributed by atoms with van der Waals surface area (Å²) in [7, 11) is 0. The van der Waals surface area contributed by atoms with E-state index in [1.165, 1.54) is 0 Å².